The third-order valence-electron chi connectivity index (χ3n) is 2.71. The lowest BCUT2D eigenvalue weighted by Gasteiger charge is -2.09. The van der Waals surface area contributed by atoms with Gasteiger partial charge in [0.25, 0.3) is 0 Å². The maximum absolute atomic E-state index is 11.7. The molecule has 0 aliphatic heterocycles. The zero-order chi connectivity index (χ0) is 15.8. The smallest absolute Gasteiger partial charge is 0.307 e. The largest absolute Gasteiger partial charge is 0.494 e. The van der Waals surface area contributed by atoms with E-state index in [1.165, 1.54) is 12.5 Å². The maximum Gasteiger partial charge on any atom is 0.307 e. The van der Waals surface area contributed by atoms with Gasteiger partial charge in [-0.2, -0.15) is 5.10 Å². The summed E-state index contributed by atoms with van der Waals surface area (Å²) in [6.07, 6.45) is 2.94. The fraction of sp³-hybridized carbons (Fsp3) is 0.250. The fourth-order valence-corrected chi connectivity index (χ4v) is 1.78. The van der Waals surface area contributed by atoms with Crippen molar-refractivity contribution in [2.45, 2.75) is 13.8 Å². The minimum absolute atomic E-state index is 0.203. The number of hydrogen-bond acceptors (Lipinski definition) is 5. The van der Waals surface area contributed by atoms with E-state index in [1.807, 2.05) is 26.0 Å². The van der Waals surface area contributed by atoms with Gasteiger partial charge in [0.15, 0.2) is 5.76 Å². The van der Waals surface area contributed by atoms with E-state index >= 15 is 0 Å². The quantitative estimate of drug-likeness (QED) is 0.630. The Morgan fingerprint density at radius 3 is 2.77 bits per heavy atom. The molecule has 0 saturated heterocycles. The van der Waals surface area contributed by atoms with Gasteiger partial charge in [-0.05, 0) is 38.1 Å². The lowest BCUT2D eigenvalue weighted by molar-refractivity contribution is 0.0927. The Balaban J connectivity index is 2.07. The molecule has 1 N–H and O–H groups in total. The predicted molar refractivity (Wildman–Crippen MR) is 82.5 cm³/mol. The van der Waals surface area contributed by atoms with Gasteiger partial charge in [0.1, 0.15) is 11.5 Å². The van der Waals surface area contributed by atoms with Crippen LogP contribution in [0.15, 0.2) is 46.1 Å². The molecule has 6 heteroatoms. The van der Waals surface area contributed by atoms with E-state index < -0.39 is 5.91 Å². The van der Waals surface area contributed by atoms with E-state index in [-0.39, 0.29) is 5.76 Å². The number of furan rings is 1. The van der Waals surface area contributed by atoms with E-state index in [2.05, 4.69) is 10.5 Å². The van der Waals surface area contributed by atoms with E-state index in [0.29, 0.717) is 19.0 Å². The average Bonchev–Trinajstić information content (AvgIpc) is 3.04. The molecule has 0 atom stereocenters. The Kier molecular flexibility index (Phi) is 5.59. The van der Waals surface area contributed by atoms with Crippen molar-refractivity contribution in [2.75, 3.05) is 13.2 Å². The summed E-state index contributed by atoms with van der Waals surface area (Å²) in [5.41, 5.74) is 3.13. The SMILES string of the molecule is CCOc1ccc(/C=N\NC(=O)c2ccco2)c(OCC)c1. The maximum atomic E-state index is 11.7. The molecule has 6 nitrogen and oxygen atoms in total. The molecule has 22 heavy (non-hydrogen) atoms. The van der Waals surface area contributed by atoms with E-state index in [4.69, 9.17) is 13.9 Å². The molecular formula is C16H18N2O4. The summed E-state index contributed by atoms with van der Waals surface area (Å²) in [5.74, 6) is 1.16. The monoisotopic (exact) mass is 302 g/mol. The molecule has 0 unspecified atom stereocenters. The number of rotatable bonds is 7. The van der Waals surface area contributed by atoms with Gasteiger partial charge in [-0.15, -0.1) is 0 Å². The standard InChI is InChI=1S/C16H18N2O4/c1-3-20-13-8-7-12(15(10-13)21-4-2)11-17-18-16(19)14-6-5-9-22-14/h5-11H,3-4H2,1-2H3,(H,18,19)/b17-11-. The number of carbonyl (C=O) groups excluding carboxylic acids is 1. The molecule has 0 aliphatic rings. The van der Waals surface area contributed by atoms with Crippen molar-refractivity contribution in [1.82, 2.24) is 5.43 Å². The van der Waals surface area contributed by atoms with Crippen molar-refractivity contribution in [3.05, 3.63) is 47.9 Å². The van der Waals surface area contributed by atoms with Crippen LogP contribution in [-0.4, -0.2) is 25.3 Å². The summed E-state index contributed by atoms with van der Waals surface area (Å²) in [6, 6.07) is 8.63. The number of benzene rings is 1. The number of nitrogens with one attached hydrogen (secondary N) is 1. The molecule has 0 spiro atoms. The highest BCUT2D eigenvalue weighted by Gasteiger charge is 2.07. The summed E-state index contributed by atoms with van der Waals surface area (Å²) >= 11 is 0. The second kappa shape index (κ2) is 7.87. The predicted octanol–water partition coefficient (Wildman–Crippen LogP) is 2.84. The molecule has 116 valence electrons. The lowest BCUT2D eigenvalue weighted by atomic mass is 10.2. The van der Waals surface area contributed by atoms with Crippen molar-refractivity contribution < 1.29 is 18.7 Å². The summed E-state index contributed by atoms with van der Waals surface area (Å²) in [5, 5.41) is 3.91. The molecule has 0 bridgehead atoms. The van der Waals surface area contributed by atoms with Crippen LogP contribution in [0.4, 0.5) is 0 Å². The van der Waals surface area contributed by atoms with Crippen LogP contribution in [0.1, 0.15) is 30.0 Å². The minimum Gasteiger partial charge on any atom is -0.494 e. The normalized spacial score (nSPS) is 10.6. The van der Waals surface area contributed by atoms with Gasteiger partial charge in [-0.3, -0.25) is 4.79 Å². The number of hydrazone groups is 1. The molecule has 1 aromatic heterocycles. The molecule has 0 saturated carbocycles. The Bertz CT molecular complexity index is 636. The van der Waals surface area contributed by atoms with Crippen LogP contribution in [0.25, 0.3) is 0 Å². The molecular weight excluding hydrogens is 284 g/mol. The summed E-state index contributed by atoms with van der Waals surface area (Å²) in [7, 11) is 0. The highest BCUT2D eigenvalue weighted by atomic mass is 16.5. The van der Waals surface area contributed by atoms with Crippen molar-refractivity contribution in [3.63, 3.8) is 0 Å². The lowest BCUT2D eigenvalue weighted by Crippen LogP contribution is -2.16. The van der Waals surface area contributed by atoms with Crippen molar-refractivity contribution in [2.24, 2.45) is 5.10 Å². The first-order valence-corrected chi connectivity index (χ1v) is 7.01. The Morgan fingerprint density at radius 2 is 2.09 bits per heavy atom. The number of carbonyl (C=O) groups is 1. The van der Waals surface area contributed by atoms with Gasteiger partial charge in [-0.25, -0.2) is 5.43 Å². The highest BCUT2D eigenvalue weighted by molar-refractivity contribution is 5.92. The van der Waals surface area contributed by atoms with Crippen molar-refractivity contribution >= 4 is 12.1 Å². The van der Waals surface area contributed by atoms with Gasteiger partial charge in [0.05, 0.1) is 25.7 Å². The van der Waals surface area contributed by atoms with Gasteiger partial charge in [0.2, 0.25) is 0 Å². The van der Waals surface area contributed by atoms with Gasteiger partial charge in [-0.1, -0.05) is 0 Å². The van der Waals surface area contributed by atoms with Crippen LogP contribution in [0, 0.1) is 0 Å². The van der Waals surface area contributed by atoms with Crippen LogP contribution >= 0.6 is 0 Å². The Hall–Kier alpha value is -2.76. The topological polar surface area (TPSA) is 73.1 Å². The minimum atomic E-state index is -0.412. The summed E-state index contributed by atoms with van der Waals surface area (Å²) in [4.78, 5) is 11.7. The number of amides is 1. The first-order chi connectivity index (χ1) is 10.7. The zero-order valence-corrected chi connectivity index (χ0v) is 12.5. The number of ether oxygens (including phenoxy) is 2. The summed E-state index contributed by atoms with van der Waals surface area (Å²) in [6.45, 7) is 4.92. The van der Waals surface area contributed by atoms with Crippen LogP contribution in [0.2, 0.25) is 0 Å². The highest BCUT2D eigenvalue weighted by Crippen LogP contribution is 2.23. The fourth-order valence-electron chi connectivity index (χ4n) is 1.78. The first-order valence-electron chi connectivity index (χ1n) is 7.01. The van der Waals surface area contributed by atoms with Crippen LogP contribution in [-0.2, 0) is 0 Å². The summed E-state index contributed by atoms with van der Waals surface area (Å²) < 4.78 is 16.0. The Morgan fingerprint density at radius 1 is 1.27 bits per heavy atom. The van der Waals surface area contributed by atoms with E-state index in [1.54, 1.807) is 18.2 Å². The first kappa shape index (κ1) is 15.6. The van der Waals surface area contributed by atoms with Gasteiger partial charge < -0.3 is 13.9 Å². The van der Waals surface area contributed by atoms with E-state index in [9.17, 15) is 4.79 Å². The zero-order valence-electron chi connectivity index (χ0n) is 12.5. The van der Waals surface area contributed by atoms with Crippen LogP contribution in [0.5, 0.6) is 11.5 Å². The second-order valence-electron chi connectivity index (χ2n) is 4.24. The third-order valence-corrected chi connectivity index (χ3v) is 2.71. The number of nitrogens with zero attached hydrogens (tertiary/aromatic N) is 1. The molecule has 0 aliphatic carbocycles. The van der Waals surface area contributed by atoms with E-state index in [0.717, 1.165) is 11.3 Å². The molecule has 1 aromatic carbocycles. The second-order valence-corrected chi connectivity index (χ2v) is 4.24. The van der Waals surface area contributed by atoms with Crippen LogP contribution < -0.4 is 14.9 Å². The molecule has 0 fully saturated rings. The van der Waals surface area contributed by atoms with Gasteiger partial charge >= 0.3 is 5.91 Å². The van der Waals surface area contributed by atoms with Crippen molar-refractivity contribution in [3.8, 4) is 11.5 Å². The molecule has 0 radical (unpaired) electrons. The molecule has 1 heterocycles. The third kappa shape index (κ3) is 4.12. The van der Waals surface area contributed by atoms with Gasteiger partial charge in [0, 0.05) is 11.6 Å². The average molecular weight is 302 g/mol. The molecule has 2 aromatic rings. The Labute approximate surface area is 128 Å². The van der Waals surface area contributed by atoms with Crippen molar-refractivity contribution in [1.29, 1.82) is 0 Å². The molecule has 2 rings (SSSR count). The number of hydrogen-bond donors (Lipinski definition) is 1. The van der Waals surface area contributed by atoms with Crippen LogP contribution in [0.3, 0.4) is 0 Å². The molecule has 1 amide bonds.